The number of nitrogens with zero attached hydrogens (tertiary/aromatic N) is 2. The number of likely N-dealkylation sites (tertiary alicyclic amines) is 1. The molecule has 18 heavy (non-hydrogen) atoms. The van der Waals surface area contributed by atoms with Crippen LogP contribution in [0.15, 0.2) is 0 Å². The summed E-state index contributed by atoms with van der Waals surface area (Å²) in [6.07, 6.45) is 1.62. The third-order valence-electron chi connectivity index (χ3n) is 3.62. The lowest BCUT2D eigenvalue weighted by atomic mass is 10.1. The SMILES string of the molecule is C[C@H]1CN(C(=O)CN2CCC[C@H](N)C2=O)CCN1. The fraction of sp³-hybridized carbons (Fsp3) is 0.833. The first-order chi connectivity index (χ1) is 8.58. The summed E-state index contributed by atoms with van der Waals surface area (Å²) in [5, 5.41) is 3.29. The molecule has 2 amide bonds. The van der Waals surface area contributed by atoms with Gasteiger partial charge in [-0.15, -0.1) is 0 Å². The minimum atomic E-state index is -0.423. The van der Waals surface area contributed by atoms with Crippen molar-refractivity contribution in [2.75, 3.05) is 32.7 Å². The Kier molecular flexibility index (Phi) is 4.19. The Balaban J connectivity index is 1.88. The second kappa shape index (κ2) is 5.67. The molecule has 0 saturated carbocycles. The zero-order chi connectivity index (χ0) is 13.1. The van der Waals surface area contributed by atoms with Crippen molar-refractivity contribution < 1.29 is 9.59 Å². The van der Waals surface area contributed by atoms with Crippen molar-refractivity contribution in [2.45, 2.75) is 31.8 Å². The minimum absolute atomic E-state index is 0.0331. The van der Waals surface area contributed by atoms with Crippen LogP contribution in [-0.2, 0) is 9.59 Å². The maximum Gasteiger partial charge on any atom is 0.242 e. The van der Waals surface area contributed by atoms with Crippen LogP contribution in [0.5, 0.6) is 0 Å². The number of hydrogen-bond donors (Lipinski definition) is 2. The summed E-state index contributed by atoms with van der Waals surface area (Å²) < 4.78 is 0. The Hall–Kier alpha value is -1.14. The Morgan fingerprint density at radius 2 is 2.28 bits per heavy atom. The third-order valence-corrected chi connectivity index (χ3v) is 3.62. The van der Waals surface area contributed by atoms with Crippen molar-refractivity contribution in [3.05, 3.63) is 0 Å². The fourth-order valence-corrected chi connectivity index (χ4v) is 2.55. The van der Waals surface area contributed by atoms with Gasteiger partial charge in [-0.25, -0.2) is 0 Å². The highest BCUT2D eigenvalue weighted by Crippen LogP contribution is 2.10. The van der Waals surface area contributed by atoms with Crippen LogP contribution in [0.2, 0.25) is 0 Å². The van der Waals surface area contributed by atoms with Crippen LogP contribution in [0, 0.1) is 0 Å². The molecule has 0 aromatic heterocycles. The number of hydrogen-bond acceptors (Lipinski definition) is 4. The molecule has 0 bridgehead atoms. The molecule has 2 rings (SSSR count). The molecule has 0 aromatic carbocycles. The molecule has 0 aliphatic carbocycles. The van der Waals surface area contributed by atoms with Crippen LogP contribution < -0.4 is 11.1 Å². The Labute approximate surface area is 107 Å². The lowest BCUT2D eigenvalue weighted by Gasteiger charge is -2.35. The molecule has 6 nitrogen and oxygen atoms in total. The van der Waals surface area contributed by atoms with E-state index in [1.54, 1.807) is 4.90 Å². The molecule has 2 aliphatic heterocycles. The number of piperidine rings is 1. The molecule has 0 aromatic rings. The van der Waals surface area contributed by atoms with Crippen LogP contribution in [0.3, 0.4) is 0 Å². The minimum Gasteiger partial charge on any atom is -0.338 e. The van der Waals surface area contributed by atoms with Crippen LogP contribution >= 0.6 is 0 Å². The average Bonchev–Trinajstić information content (AvgIpc) is 2.35. The van der Waals surface area contributed by atoms with Gasteiger partial charge in [-0.1, -0.05) is 0 Å². The van der Waals surface area contributed by atoms with Gasteiger partial charge in [0.05, 0.1) is 12.6 Å². The second-order valence-electron chi connectivity index (χ2n) is 5.20. The van der Waals surface area contributed by atoms with Crippen molar-refractivity contribution in [1.29, 1.82) is 0 Å². The van der Waals surface area contributed by atoms with E-state index in [-0.39, 0.29) is 18.4 Å². The molecule has 6 heteroatoms. The van der Waals surface area contributed by atoms with E-state index in [1.807, 2.05) is 4.90 Å². The highest BCUT2D eigenvalue weighted by Gasteiger charge is 2.29. The highest BCUT2D eigenvalue weighted by atomic mass is 16.2. The summed E-state index contributed by atoms with van der Waals surface area (Å²) in [7, 11) is 0. The van der Waals surface area contributed by atoms with Crippen LogP contribution in [0.1, 0.15) is 19.8 Å². The van der Waals surface area contributed by atoms with Crippen molar-refractivity contribution >= 4 is 11.8 Å². The van der Waals surface area contributed by atoms with Crippen LogP contribution in [0.4, 0.5) is 0 Å². The number of nitrogens with one attached hydrogen (secondary N) is 1. The quantitative estimate of drug-likeness (QED) is 0.646. The monoisotopic (exact) mass is 254 g/mol. The molecular formula is C12H22N4O2. The van der Waals surface area contributed by atoms with Gasteiger partial charge in [-0.2, -0.15) is 0 Å². The Morgan fingerprint density at radius 3 is 3.00 bits per heavy atom. The molecule has 0 spiro atoms. The Bertz CT molecular complexity index is 334. The fourth-order valence-electron chi connectivity index (χ4n) is 2.55. The van der Waals surface area contributed by atoms with E-state index >= 15 is 0 Å². The maximum atomic E-state index is 12.1. The van der Waals surface area contributed by atoms with Gasteiger partial charge >= 0.3 is 0 Å². The summed E-state index contributed by atoms with van der Waals surface area (Å²) in [6, 6.07) is -0.101. The van der Waals surface area contributed by atoms with Gasteiger partial charge in [-0.3, -0.25) is 9.59 Å². The van der Waals surface area contributed by atoms with Gasteiger partial charge in [-0.05, 0) is 19.8 Å². The van der Waals surface area contributed by atoms with Gasteiger partial charge in [0, 0.05) is 32.2 Å². The van der Waals surface area contributed by atoms with Gasteiger partial charge in [0.1, 0.15) is 0 Å². The van der Waals surface area contributed by atoms with E-state index < -0.39 is 6.04 Å². The summed E-state index contributed by atoms with van der Waals surface area (Å²) in [4.78, 5) is 27.4. The normalized spacial score (nSPS) is 29.6. The first-order valence-electron chi connectivity index (χ1n) is 6.63. The van der Waals surface area contributed by atoms with Crippen molar-refractivity contribution in [3.63, 3.8) is 0 Å². The zero-order valence-electron chi connectivity index (χ0n) is 10.9. The van der Waals surface area contributed by atoms with Crippen molar-refractivity contribution in [2.24, 2.45) is 5.73 Å². The number of carbonyl (C=O) groups is 2. The standard InChI is InChI=1S/C12H22N4O2/c1-9-7-15(6-4-14-9)11(17)8-16-5-2-3-10(13)12(16)18/h9-10,14H,2-8,13H2,1H3/t9-,10-/m0/s1. The lowest BCUT2D eigenvalue weighted by molar-refractivity contribution is -0.143. The highest BCUT2D eigenvalue weighted by molar-refractivity contribution is 5.88. The average molecular weight is 254 g/mol. The smallest absolute Gasteiger partial charge is 0.242 e. The van der Waals surface area contributed by atoms with Crippen molar-refractivity contribution in [3.8, 4) is 0 Å². The Morgan fingerprint density at radius 1 is 1.50 bits per heavy atom. The molecule has 2 aliphatic rings. The molecule has 3 N–H and O–H groups in total. The molecule has 0 radical (unpaired) electrons. The molecule has 2 fully saturated rings. The molecular weight excluding hydrogens is 232 g/mol. The zero-order valence-corrected chi connectivity index (χ0v) is 10.9. The van der Waals surface area contributed by atoms with E-state index in [0.29, 0.717) is 19.1 Å². The van der Waals surface area contributed by atoms with Gasteiger partial charge in [0.2, 0.25) is 11.8 Å². The molecule has 2 heterocycles. The van der Waals surface area contributed by atoms with E-state index in [1.165, 1.54) is 0 Å². The number of amides is 2. The maximum absolute atomic E-state index is 12.1. The first-order valence-corrected chi connectivity index (χ1v) is 6.63. The van der Waals surface area contributed by atoms with Gasteiger partial charge in [0.15, 0.2) is 0 Å². The summed E-state index contributed by atoms with van der Waals surface area (Å²) in [6.45, 7) is 5.14. The predicted molar refractivity (Wildman–Crippen MR) is 67.8 cm³/mol. The van der Waals surface area contributed by atoms with E-state index in [2.05, 4.69) is 12.2 Å². The van der Waals surface area contributed by atoms with Crippen LogP contribution in [0.25, 0.3) is 0 Å². The van der Waals surface area contributed by atoms with Crippen molar-refractivity contribution in [1.82, 2.24) is 15.1 Å². The van der Waals surface area contributed by atoms with E-state index in [9.17, 15) is 9.59 Å². The number of piperazine rings is 1. The lowest BCUT2D eigenvalue weighted by Crippen LogP contribution is -2.56. The molecule has 2 saturated heterocycles. The predicted octanol–water partition coefficient (Wildman–Crippen LogP) is -1.24. The summed E-state index contributed by atoms with van der Waals surface area (Å²) in [5.41, 5.74) is 5.72. The second-order valence-corrected chi connectivity index (χ2v) is 5.20. The van der Waals surface area contributed by atoms with Gasteiger partial charge < -0.3 is 20.9 Å². The largest absolute Gasteiger partial charge is 0.338 e. The summed E-state index contributed by atoms with van der Waals surface area (Å²) >= 11 is 0. The number of rotatable bonds is 2. The number of carbonyl (C=O) groups excluding carboxylic acids is 2. The van der Waals surface area contributed by atoms with E-state index in [0.717, 1.165) is 25.9 Å². The molecule has 2 atom stereocenters. The van der Waals surface area contributed by atoms with Crippen LogP contribution in [-0.4, -0.2) is 66.4 Å². The summed E-state index contributed by atoms with van der Waals surface area (Å²) in [5.74, 6) is -0.0522. The molecule has 102 valence electrons. The molecule has 0 unspecified atom stereocenters. The van der Waals surface area contributed by atoms with Gasteiger partial charge in [0.25, 0.3) is 0 Å². The third kappa shape index (κ3) is 3.00. The topological polar surface area (TPSA) is 78.7 Å². The van der Waals surface area contributed by atoms with E-state index in [4.69, 9.17) is 5.73 Å². The first kappa shape index (κ1) is 13.3. The number of nitrogens with two attached hydrogens (primary N) is 1.